The summed E-state index contributed by atoms with van der Waals surface area (Å²) in [5.41, 5.74) is -1.77. The molecule has 0 radical (unpaired) electrons. The number of amides is 2. The third kappa shape index (κ3) is 6.85. The molecule has 1 saturated heterocycles. The first-order valence-corrected chi connectivity index (χ1v) is 13.9. The standard InChI is InChI=1S/C27H39F2N5O3S/c1-8-16-11-10-15(3)34(16)25(36)20-21(38-24(32-20)23(35)31-14-27(6,7)37)18-13-30-19(12-17(18)22(28)29)33-26(4,5)9-2/h12-13,15-16,22,37H,8-11,14H2,1-7H3,(H,30,33)(H,31,35). The number of pyridine rings is 1. The summed E-state index contributed by atoms with van der Waals surface area (Å²) in [6.07, 6.45) is 1.67. The lowest BCUT2D eigenvalue weighted by molar-refractivity contribution is 0.0668. The minimum absolute atomic E-state index is 0.00931. The van der Waals surface area contributed by atoms with Gasteiger partial charge in [-0.1, -0.05) is 13.8 Å². The van der Waals surface area contributed by atoms with E-state index in [0.29, 0.717) is 5.82 Å². The van der Waals surface area contributed by atoms with E-state index in [-0.39, 0.29) is 56.8 Å². The summed E-state index contributed by atoms with van der Waals surface area (Å²) >= 11 is 0.878. The van der Waals surface area contributed by atoms with E-state index in [9.17, 15) is 23.5 Å². The third-order valence-electron chi connectivity index (χ3n) is 6.96. The summed E-state index contributed by atoms with van der Waals surface area (Å²) in [7, 11) is 0. The van der Waals surface area contributed by atoms with Gasteiger partial charge in [-0.3, -0.25) is 9.59 Å². The van der Waals surface area contributed by atoms with Gasteiger partial charge in [-0.05, 0) is 66.4 Å². The molecule has 2 aromatic heterocycles. The summed E-state index contributed by atoms with van der Waals surface area (Å²) < 4.78 is 28.7. The van der Waals surface area contributed by atoms with E-state index >= 15 is 0 Å². The molecule has 2 unspecified atom stereocenters. The van der Waals surface area contributed by atoms with Crippen LogP contribution in [-0.2, 0) is 0 Å². The zero-order chi connectivity index (χ0) is 28.4. The Hall–Kier alpha value is -2.66. The van der Waals surface area contributed by atoms with E-state index in [1.54, 1.807) is 18.7 Å². The van der Waals surface area contributed by atoms with Crippen molar-refractivity contribution in [3.8, 4) is 10.4 Å². The van der Waals surface area contributed by atoms with Crippen molar-refractivity contribution in [2.24, 2.45) is 0 Å². The maximum atomic E-state index is 14.4. The lowest BCUT2D eigenvalue weighted by Gasteiger charge is -2.28. The van der Waals surface area contributed by atoms with Crippen LogP contribution in [0.3, 0.4) is 0 Å². The maximum Gasteiger partial charge on any atom is 0.280 e. The predicted molar refractivity (Wildman–Crippen MR) is 146 cm³/mol. The molecule has 210 valence electrons. The lowest BCUT2D eigenvalue weighted by atomic mass is 10.0. The second-order valence-corrected chi connectivity index (χ2v) is 12.2. The number of likely N-dealkylation sites (tertiary alicyclic amines) is 1. The molecule has 11 heteroatoms. The zero-order valence-corrected chi connectivity index (χ0v) is 24.0. The highest BCUT2D eigenvalue weighted by Gasteiger charge is 2.37. The Kier molecular flexibility index (Phi) is 9.13. The lowest BCUT2D eigenvalue weighted by Crippen LogP contribution is -2.40. The smallest absolute Gasteiger partial charge is 0.280 e. The Morgan fingerprint density at radius 1 is 1.24 bits per heavy atom. The first-order valence-electron chi connectivity index (χ1n) is 13.1. The second kappa shape index (κ2) is 11.6. The highest BCUT2D eigenvalue weighted by molar-refractivity contribution is 7.17. The van der Waals surface area contributed by atoms with E-state index in [2.05, 4.69) is 20.6 Å². The minimum atomic E-state index is -2.84. The predicted octanol–water partition coefficient (Wildman–Crippen LogP) is 5.65. The molecule has 0 saturated carbocycles. The Balaban J connectivity index is 2.12. The number of aliphatic hydroxyl groups is 1. The molecule has 3 heterocycles. The van der Waals surface area contributed by atoms with Crippen molar-refractivity contribution < 1.29 is 23.5 Å². The average molecular weight is 552 g/mol. The first-order chi connectivity index (χ1) is 17.7. The van der Waals surface area contributed by atoms with E-state index in [1.807, 2.05) is 34.6 Å². The molecule has 0 bridgehead atoms. The Labute approximate surface area is 227 Å². The molecule has 2 atom stereocenters. The molecule has 1 fully saturated rings. The zero-order valence-electron chi connectivity index (χ0n) is 23.2. The van der Waals surface area contributed by atoms with Gasteiger partial charge in [0.25, 0.3) is 18.2 Å². The molecule has 0 spiro atoms. The van der Waals surface area contributed by atoms with Crippen molar-refractivity contribution in [2.75, 3.05) is 11.9 Å². The van der Waals surface area contributed by atoms with Crippen molar-refractivity contribution >= 4 is 29.0 Å². The van der Waals surface area contributed by atoms with Crippen LogP contribution in [0.2, 0.25) is 0 Å². The molecule has 1 aliphatic heterocycles. The van der Waals surface area contributed by atoms with Gasteiger partial charge in [-0.15, -0.1) is 11.3 Å². The highest BCUT2D eigenvalue weighted by atomic mass is 32.1. The number of nitrogens with zero attached hydrogens (tertiary/aromatic N) is 3. The fourth-order valence-corrected chi connectivity index (χ4v) is 5.43. The first kappa shape index (κ1) is 29.9. The second-order valence-electron chi connectivity index (χ2n) is 11.2. The number of carbonyl (C=O) groups is 2. The Bertz CT molecular complexity index is 1160. The van der Waals surface area contributed by atoms with Gasteiger partial charge in [0.15, 0.2) is 5.01 Å². The van der Waals surface area contributed by atoms with Gasteiger partial charge in [0, 0.05) is 41.5 Å². The Morgan fingerprint density at radius 3 is 2.50 bits per heavy atom. The SMILES string of the molecule is CCC1CCC(C)N1C(=O)c1nc(C(=O)NCC(C)(C)O)sc1-c1cnc(NC(C)(C)CC)cc1C(F)F. The van der Waals surface area contributed by atoms with Gasteiger partial charge in [0.1, 0.15) is 11.5 Å². The summed E-state index contributed by atoms with van der Waals surface area (Å²) in [6, 6.07) is 1.27. The fraction of sp³-hybridized carbons (Fsp3) is 0.630. The highest BCUT2D eigenvalue weighted by Crippen LogP contribution is 2.39. The molecule has 38 heavy (non-hydrogen) atoms. The van der Waals surface area contributed by atoms with Crippen LogP contribution >= 0.6 is 11.3 Å². The number of aromatic nitrogens is 2. The number of hydrogen-bond donors (Lipinski definition) is 3. The minimum Gasteiger partial charge on any atom is -0.389 e. The number of thiazole rings is 1. The van der Waals surface area contributed by atoms with Crippen LogP contribution in [0.15, 0.2) is 12.3 Å². The van der Waals surface area contributed by atoms with Crippen LogP contribution in [0.1, 0.15) is 106 Å². The fourth-order valence-electron chi connectivity index (χ4n) is 4.42. The Morgan fingerprint density at radius 2 is 1.92 bits per heavy atom. The molecule has 0 aliphatic carbocycles. The number of hydrogen-bond acceptors (Lipinski definition) is 7. The van der Waals surface area contributed by atoms with Crippen molar-refractivity contribution in [2.45, 2.75) is 104 Å². The number of anilines is 1. The number of halogens is 2. The quantitative estimate of drug-likeness (QED) is 0.352. The monoisotopic (exact) mass is 551 g/mol. The largest absolute Gasteiger partial charge is 0.389 e. The molecule has 3 N–H and O–H groups in total. The van der Waals surface area contributed by atoms with Crippen LogP contribution in [0.5, 0.6) is 0 Å². The molecule has 0 aromatic carbocycles. The van der Waals surface area contributed by atoms with Gasteiger partial charge in [-0.25, -0.2) is 18.7 Å². The number of rotatable bonds is 10. The van der Waals surface area contributed by atoms with Crippen LogP contribution in [0.25, 0.3) is 10.4 Å². The normalized spacial score (nSPS) is 18.2. The molecule has 2 amide bonds. The van der Waals surface area contributed by atoms with Crippen LogP contribution in [0, 0.1) is 0 Å². The van der Waals surface area contributed by atoms with E-state index in [0.717, 1.165) is 37.0 Å². The summed E-state index contributed by atoms with van der Waals surface area (Å²) in [4.78, 5) is 37.4. The van der Waals surface area contributed by atoms with Crippen LogP contribution < -0.4 is 10.6 Å². The van der Waals surface area contributed by atoms with Gasteiger partial charge in [0.2, 0.25) is 0 Å². The number of alkyl halides is 2. The van der Waals surface area contributed by atoms with E-state index < -0.39 is 17.9 Å². The molecule has 2 aromatic rings. The van der Waals surface area contributed by atoms with Gasteiger partial charge < -0.3 is 20.6 Å². The molecule has 1 aliphatic rings. The van der Waals surface area contributed by atoms with Crippen molar-refractivity contribution in [1.82, 2.24) is 20.2 Å². The van der Waals surface area contributed by atoms with Crippen LogP contribution in [0.4, 0.5) is 14.6 Å². The van der Waals surface area contributed by atoms with Crippen molar-refractivity contribution in [3.05, 3.63) is 28.5 Å². The van der Waals surface area contributed by atoms with E-state index in [4.69, 9.17) is 0 Å². The van der Waals surface area contributed by atoms with Crippen molar-refractivity contribution in [3.63, 3.8) is 0 Å². The number of nitrogens with one attached hydrogen (secondary N) is 2. The molecular formula is C27H39F2N5O3S. The third-order valence-corrected chi connectivity index (χ3v) is 8.05. The summed E-state index contributed by atoms with van der Waals surface area (Å²) in [5, 5.41) is 15.7. The van der Waals surface area contributed by atoms with Crippen LogP contribution in [-0.4, -0.2) is 61.6 Å². The molecular weight excluding hydrogens is 512 g/mol. The van der Waals surface area contributed by atoms with Gasteiger partial charge in [-0.2, -0.15) is 0 Å². The van der Waals surface area contributed by atoms with E-state index in [1.165, 1.54) is 12.3 Å². The maximum absolute atomic E-state index is 14.4. The molecule has 3 rings (SSSR count). The molecule has 8 nitrogen and oxygen atoms in total. The topological polar surface area (TPSA) is 107 Å². The summed E-state index contributed by atoms with van der Waals surface area (Å²) in [6.45, 7) is 12.9. The summed E-state index contributed by atoms with van der Waals surface area (Å²) in [5.74, 6) is -0.673. The number of carbonyl (C=O) groups excluding carboxylic acids is 2. The van der Waals surface area contributed by atoms with Crippen molar-refractivity contribution in [1.29, 1.82) is 0 Å². The average Bonchev–Trinajstić information content (AvgIpc) is 3.45. The van der Waals surface area contributed by atoms with Gasteiger partial charge >= 0.3 is 0 Å². The van der Waals surface area contributed by atoms with Gasteiger partial charge in [0.05, 0.1) is 10.5 Å².